The largest absolute Gasteiger partial charge is 0.497 e. The zero-order chi connectivity index (χ0) is 18.7. The van der Waals surface area contributed by atoms with E-state index >= 15 is 0 Å². The number of aryl methyl sites for hydroxylation is 1. The number of hydrogen-bond donors (Lipinski definition) is 0. The van der Waals surface area contributed by atoms with E-state index in [-0.39, 0.29) is 10.9 Å². The number of nitrogens with zero attached hydrogens (tertiary/aromatic N) is 2. The van der Waals surface area contributed by atoms with Crippen LogP contribution in [0.5, 0.6) is 11.5 Å². The maximum absolute atomic E-state index is 13.3. The Hall–Kier alpha value is -2.06. The van der Waals surface area contributed by atoms with Gasteiger partial charge in [0.15, 0.2) is 0 Å². The molecule has 1 aliphatic rings. The summed E-state index contributed by atoms with van der Waals surface area (Å²) in [5, 5.41) is 4.11. The van der Waals surface area contributed by atoms with Gasteiger partial charge in [0.1, 0.15) is 27.8 Å². The van der Waals surface area contributed by atoms with Crippen molar-refractivity contribution >= 4 is 10.0 Å². The highest BCUT2D eigenvalue weighted by Crippen LogP contribution is 2.39. The quantitative estimate of drug-likeness (QED) is 0.734. The second-order valence-electron chi connectivity index (χ2n) is 6.26. The molecule has 1 aromatic carbocycles. The maximum Gasteiger partial charge on any atom is 0.247 e. The van der Waals surface area contributed by atoms with Crippen molar-refractivity contribution in [2.45, 2.75) is 43.5 Å². The molecule has 3 rings (SSSR count). The molecule has 1 aliphatic heterocycles. The highest BCUT2D eigenvalue weighted by Gasteiger charge is 2.39. The van der Waals surface area contributed by atoms with Crippen molar-refractivity contribution in [3.05, 3.63) is 35.7 Å². The number of hydrogen-bond acceptors (Lipinski definition) is 6. The molecule has 1 atom stereocenters. The molecule has 7 nitrogen and oxygen atoms in total. The monoisotopic (exact) mass is 380 g/mol. The van der Waals surface area contributed by atoms with Gasteiger partial charge in [0.05, 0.1) is 20.3 Å². The first-order chi connectivity index (χ1) is 12.5. The summed E-state index contributed by atoms with van der Waals surface area (Å²) in [5.41, 5.74) is 0.663. The van der Waals surface area contributed by atoms with Crippen LogP contribution in [0.4, 0.5) is 0 Å². The Balaban J connectivity index is 1.97. The molecule has 8 heteroatoms. The van der Waals surface area contributed by atoms with Gasteiger partial charge in [-0.05, 0) is 31.4 Å². The van der Waals surface area contributed by atoms with Gasteiger partial charge in [0.2, 0.25) is 10.0 Å². The molecule has 26 heavy (non-hydrogen) atoms. The van der Waals surface area contributed by atoms with Crippen LogP contribution in [-0.2, 0) is 16.4 Å². The van der Waals surface area contributed by atoms with Crippen LogP contribution >= 0.6 is 0 Å². The van der Waals surface area contributed by atoms with Gasteiger partial charge >= 0.3 is 0 Å². The number of benzene rings is 1. The fraction of sp³-hybridized carbons (Fsp3) is 0.500. The van der Waals surface area contributed by atoms with E-state index in [9.17, 15) is 8.42 Å². The molecule has 1 fully saturated rings. The van der Waals surface area contributed by atoms with Crippen LogP contribution in [0, 0.1) is 0 Å². The van der Waals surface area contributed by atoms with Gasteiger partial charge in [-0.25, -0.2) is 8.42 Å². The Morgan fingerprint density at radius 2 is 2.08 bits per heavy atom. The number of aromatic nitrogens is 1. The SMILES string of the molecule is CCCc1cc([C@H]2CCCN2S(=O)(=O)c2cc(OC)ccc2OC)no1. The summed E-state index contributed by atoms with van der Waals surface area (Å²) in [6.45, 7) is 2.49. The topological polar surface area (TPSA) is 81.9 Å². The van der Waals surface area contributed by atoms with Gasteiger partial charge in [0, 0.05) is 25.1 Å². The average Bonchev–Trinajstić information content (AvgIpc) is 3.30. The molecule has 0 saturated carbocycles. The number of rotatable bonds is 7. The first-order valence-corrected chi connectivity index (χ1v) is 10.1. The standard InChI is InChI=1S/C18H24N2O5S/c1-4-6-14-11-15(19-25-14)16-7-5-10-20(16)26(21,22)18-12-13(23-2)8-9-17(18)24-3/h8-9,11-12,16H,4-7,10H2,1-3H3/t16-/m1/s1. The van der Waals surface area contributed by atoms with Gasteiger partial charge in [-0.15, -0.1) is 0 Å². The van der Waals surface area contributed by atoms with Crippen LogP contribution in [0.15, 0.2) is 33.7 Å². The van der Waals surface area contributed by atoms with E-state index < -0.39 is 10.0 Å². The van der Waals surface area contributed by atoms with Crippen LogP contribution in [-0.4, -0.2) is 38.6 Å². The van der Waals surface area contributed by atoms with E-state index in [0.29, 0.717) is 30.2 Å². The van der Waals surface area contributed by atoms with Crippen LogP contribution in [0.25, 0.3) is 0 Å². The molecule has 1 saturated heterocycles. The van der Waals surface area contributed by atoms with Crippen LogP contribution < -0.4 is 9.47 Å². The second-order valence-corrected chi connectivity index (χ2v) is 8.12. The van der Waals surface area contributed by atoms with E-state index in [4.69, 9.17) is 14.0 Å². The van der Waals surface area contributed by atoms with Gasteiger partial charge < -0.3 is 14.0 Å². The lowest BCUT2D eigenvalue weighted by atomic mass is 10.1. The van der Waals surface area contributed by atoms with Gasteiger partial charge in [0.25, 0.3) is 0 Å². The molecule has 142 valence electrons. The van der Waals surface area contributed by atoms with Crippen LogP contribution in [0.2, 0.25) is 0 Å². The average molecular weight is 380 g/mol. The molecule has 2 aromatic rings. The Kier molecular flexibility index (Phi) is 5.52. The summed E-state index contributed by atoms with van der Waals surface area (Å²) in [4.78, 5) is 0.100. The van der Waals surface area contributed by atoms with Crippen LogP contribution in [0.3, 0.4) is 0 Å². The predicted molar refractivity (Wildman–Crippen MR) is 95.9 cm³/mol. The van der Waals surface area contributed by atoms with Crippen molar-refractivity contribution < 1.29 is 22.4 Å². The molecule has 2 heterocycles. The van der Waals surface area contributed by atoms with E-state index in [1.807, 2.05) is 6.07 Å². The molecular formula is C18H24N2O5S. The normalized spacial score (nSPS) is 18.2. The Morgan fingerprint density at radius 3 is 2.77 bits per heavy atom. The molecule has 0 spiro atoms. The molecular weight excluding hydrogens is 356 g/mol. The number of ether oxygens (including phenoxy) is 2. The van der Waals surface area contributed by atoms with Crippen molar-refractivity contribution in [3.8, 4) is 11.5 Å². The molecule has 0 bridgehead atoms. The molecule has 0 aliphatic carbocycles. The van der Waals surface area contributed by atoms with E-state index in [2.05, 4.69) is 12.1 Å². The molecule has 0 unspecified atom stereocenters. The van der Waals surface area contributed by atoms with Gasteiger partial charge in [-0.2, -0.15) is 4.31 Å². The molecule has 0 radical (unpaired) electrons. The summed E-state index contributed by atoms with van der Waals surface area (Å²) in [6, 6.07) is 6.31. The minimum absolute atomic E-state index is 0.100. The first kappa shape index (κ1) is 18.7. The summed E-state index contributed by atoms with van der Waals surface area (Å²) in [7, 11) is -0.811. The summed E-state index contributed by atoms with van der Waals surface area (Å²) in [5.74, 6) is 1.54. The summed E-state index contributed by atoms with van der Waals surface area (Å²) >= 11 is 0. The predicted octanol–water partition coefficient (Wildman–Crippen LogP) is 3.17. The van der Waals surface area contributed by atoms with Crippen LogP contribution in [0.1, 0.15) is 43.7 Å². The molecule has 1 aromatic heterocycles. The fourth-order valence-corrected chi connectivity index (χ4v) is 5.13. The van der Waals surface area contributed by atoms with E-state index in [0.717, 1.165) is 25.0 Å². The summed E-state index contributed by atoms with van der Waals surface area (Å²) in [6.07, 6.45) is 3.22. The van der Waals surface area contributed by atoms with E-state index in [1.54, 1.807) is 12.1 Å². The highest BCUT2D eigenvalue weighted by molar-refractivity contribution is 7.89. The Labute approximate surface area is 153 Å². The smallest absolute Gasteiger partial charge is 0.247 e. The maximum atomic E-state index is 13.3. The lowest BCUT2D eigenvalue weighted by molar-refractivity contribution is 0.341. The van der Waals surface area contributed by atoms with Crippen molar-refractivity contribution in [2.24, 2.45) is 0 Å². The second kappa shape index (κ2) is 7.67. The summed E-state index contributed by atoms with van der Waals surface area (Å²) < 4.78 is 44.0. The molecule has 0 amide bonds. The third-order valence-electron chi connectivity index (χ3n) is 4.58. The zero-order valence-corrected chi connectivity index (χ0v) is 16.1. The van der Waals surface area contributed by atoms with Crippen molar-refractivity contribution in [1.82, 2.24) is 9.46 Å². The number of sulfonamides is 1. The van der Waals surface area contributed by atoms with E-state index in [1.165, 1.54) is 24.6 Å². The third kappa shape index (κ3) is 3.43. The lowest BCUT2D eigenvalue weighted by Gasteiger charge is -2.23. The fourth-order valence-electron chi connectivity index (χ4n) is 3.29. The van der Waals surface area contributed by atoms with Gasteiger partial charge in [-0.1, -0.05) is 12.1 Å². The Morgan fingerprint density at radius 1 is 1.27 bits per heavy atom. The highest BCUT2D eigenvalue weighted by atomic mass is 32.2. The lowest BCUT2D eigenvalue weighted by Crippen LogP contribution is -2.31. The zero-order valence-electron chi connectivity index (χ0n) is 15.3. The van der Waals surface area contributed by atoms with Crippen molar-refractivity contribution in [1.29, 1.82) is 0 Å². The Bertz CT molecular complexity index is 862. The van der Waals surface area contributed by atoms with Crippen molar-refractivity contribution in [3.63, 3.8) is 0 Å². The molecule has 0 N–H and O–H groups in total. The van der Waals surface area contributed by atoms with Crippen molar-refractivity contribution in [2.75, 3.05) is 20.8 Å². The van der Waals surface area contributed by atoms with Gasteiger partial charge in [-0.3, -0.25) is 0 Å². The number of methoxy groups -OCH3 is 2. The third-order valence-corrected chi connectivity index (χ3v) is 6.51. The first-order valence-electron chi connectivity index (χ1n) is 8.70. The minimum atomic E-state index is -3.77. The minimum Gasteiger partial charge on any atom is -0.497 e.